The lowest BCUT2D eigenvalue weighted by Gasteiger charge is -2.34. The number of benzene rings is 3. The fraction of sp³-hybridized carbons (Fsp3) is 0.394. The smallest absolute Gasteiger partial charge is 0.264 e. The summed E-state index contributed by atoms with van der Waals surface area (Å²) >= 11 is 6.11. The van der Waals surface area contributed by atoms with Crippen LogP contribution in [-0.2, 0) is 26.2 Å². The molecule has 3 aromatic rings. The molecule has 0 bridgehead atoms. The Balaban J connectivity index is 1.69. The van der Waals surface area contributed by atoms with E-state index in [0.29, 0.717) is 22.9 Å². The van der Waals surface area contributed by atoms with Gasteiger partial charge < -0.3 is 15.0 Å². The number of ether oxygens (including phenoxy) is 1. The maximum Gasteiger partial charge on any atom is 0.264 e. The van der Waals surface area contributed by atoms with E-state index in [-0.39, 0.29) is 23.4 Å². The lowest BCUT2D eigenvalue weighted by molar-refractivity contribution is -0.140. The third kappa shape index (κ3) is 8.30. The number of hydrogen-bond donors (Lipinski definition) is 1. The number of hydrogen-bond acceptors (Lipinski definition) is 5. The topological polar surface area (TPSA) is 96.0 Å². The van der Waals surface area contributed by atoms with Crippen LogP contribution in [0.1, 0.15) is 56.6 Å². The lowest BCUT2D eigenvalue weighted by Crippen LogP contribution is -2.54. The predicted octanol–water partition coefficient (Wildman–Crippen LogP) is 6.11. The standard InChI is InChI=1S/C33H40ClN3O5S/c1-4-31(33(39)35-27-8-6-5-7-9-27)36(22-25-12-14-26(34)15-13-25)32(38)23-37(28-16-10-24(2)11-17-28)43(40,41)30-20-18-29(42-3)19-21-30/h10-21,27,31H,4-9,22-23H2,1-3H3,(H,35,39). The Morgan fingerprint density at radius 2 is 1.58 bits per heavy atom. The molecule has 4 rings (SSSR count). The Bertz CT molecular complexity index is 1470. The zero-order chi connectivity index (χ0) is 31.0. The number of halogens is 1. The molecule has 10 heteroatoms. The second-order valence-electron chi connectivity index (χ2n) is 10.9. The molecule has 3 aromatic carbocycles. The van der Waals surface area contributed by atoms with Gasteiger partial charge in [0.15, 0.2) is 0 Å². The van der Waals surface area contributed by atoms with Gasteiger partial charge in [0.05, 0.1) is 17.7 Å². The fourth-order valence-electron chi connectivity index (χ4n) is 5.36. The van der Waals surface area contributed by atoms with Gasteiger partial charge in [0, 0.05) is 17.6 Å². The van der Waals surface area contributed by atoms with E-state index in [0.717, 1.165) is 47.5 Å². The average Bonchev–Trinajstić information content (AvgIpc) is 3.01. The highest BCUT2D eigenvalue weighted by atomic mass is 35.5. The molecule has 43 heavy (non-hydrogen) atoms. The SMILES string of the molecule is CCC(C(=O)NC1CCCCC1)N(Cc1ccc(Cl)cc1)C(=O)CN(c1ccc(C)cc1)S(=O)(=O)c1ccc(OC)cc1. The summed E-state index contributed by atoms with van der Waals surface area (Å²) in [6.45, 7) is 3.40. The molecule has 1 atom stereocenters. The summed E-state index contributed by atoms with van der Waals surface area (Å²) in [5.41, 5.74) is 2.08. The molecular formula is C33H40ClN3O5S. The van der Waals surface area contributed by atoms with Crippen LogP contribution in [0.25, 0.3) is 0 Å². The van der Waals surface area contributed by atoms with Crippen molar-refractivity contribution in [3.05, 3.63) is 88.9 Å². The minimum Gasteiger partial charge on any atom is -0.497 e. The summed E-state index contributed by atoms with van der Waals surface area (Å²) in [7, 11) is -2.66. The van der Waals surface area contributed by atoms with Crippen molar-refractivity contribution in [2.75, 3.05) is 18.0 Å². The second kappa shape index (κ2) is 14.8. The summed E-state index contributed by atoms with van der Waals surface area (Å²) in [5.74, 6) is -0.198. The van der Waals surface area contributed by atoms with Crippen molar-refractivity contribution in [3.63, 3.8) is 0 Å². The quantitative estimate of drug-likeness (QED) is 0.262. The number of anilines is 1. The lowest BCUT2D eigenvalue weighted by atomic mass is 9.95. The van der Waals surface area contributed by atoms with Gasteiger partial charge in [-0.25, -0.2) is 8.42 Å². The normalized spacial score (nSPS) is 14.5. The van der Waals surface area contributed by atoms with E-state index in [4.69, 9.17) is 16.3 Å². The van der Waals surface area contributed by atoms with Gasteiger partial charge in [-0.2, -0.15) is 0 Å². The fourth-order valence-corrected chi connectivity index (χ4v) is 6.91. The van der Waals surface area contributed by atoms with Gasteiger partial charge in [0.25, 0.3) is 10.0 Å². The number of carbonyl (C=O) groups excluding carboxylic acids is 2. The van der Waals surface area contributed by atoms with E-state index < -0.39 is 28.5 Å². The highest BCUT2D eigenvalue weighted by molar-refractivity contribution is 7.92. The highest BCUT2D eigenvalue weighted by Gasteiger charge is 2.34. The molecule has 1 fully saturated rings. The van der Waals surface area contributed by atoms with Crippen molar-refractivity contribution in [2.45, 2.75) is 75.9 Å². The molecule has 1 unspecified atom stereocenters. The van der Waals surface area contributed by atoms with Crippen molar-refractivity contribution in [3.8, 4) is 5.75 Å². The van der Waals surface area contributed by atoms with Crippen LogP contribution in [0.5, 0.6) is 5.75 Å². The molecule has 1 aliphatic rings. The summed E-state index contributed by atoms with van der Waals surface area (Å²) in [6, 6.07) is 19.4. The van der Waals surface area contributed by atoms with E-state index in [1.807, 2.05) is 13.8 Å². The van der Waals surface area contributed by atoms with Crippen LogP contribution in [0, 0.1) is 6.92 Å². The molecule has 0 radical (unpaired) electrons. The van der Waals surface area contributed by atoms with E-state index in [1.165, 1.54) is 24.1 Å². The van der Waals surface area contributed by atoms with E-state index in [1.54, 1.807) is 60.7 Å². The highest BCUT2D eigenvalue weighted by Crippen LogP contribution is 2.27. The van der Waals surface area contributed by atoms with Crippen LogP contribution in [0.3, 0.4) is 0 Å². The molecule has 0 aromatic heterocycles. The Kier molecular flexibility index (Phi) is 11.1. The minimum atomic E-state index is -4.16. The first-order valence-corrected chi connectivity index (χ1v) is 16.5. The molecular weight excluding hydrogens is 586 g/mol. The first-order valence-electron chi connectivity index (χ1n) is 14.7. The number of aryl methyl sites for hydroxylation is 1. The summed E-state index contributed by atoms with van der Waals surface area (Å²) in [4.78, 5) is 29.4. The van der Waals surface area contributed by atoms with Crippen LogP contribution >= 0.6 is 11.6 Å². The van der Waals surface area contributed by atoms with E-state index >= 15 is 0 Å². The van der Waals surface area contributed by atoms with Crippen molar-refractivity contribution in [1.82, 2.24) is 10.2 Å². The number of rotatable bonds is 12. The summed E-state index contributed by atoms with van der Waals surface area (Å²) in [6.07, 6.45) is 5.47. The van der Waals surface area contributed by atoms with Crippen LogP contribution in [0.2, 0.25) is 5.02 Å². The van der Waals surface area contributed by atoms with Crippen LogP contribution in [-0.4, -0.2) is 50.9 Å². The van der Waals surface area contributed by atoms with Crippen LogP contribution < -0.4 is 14.4 Å². The van der Waals surface area contributed by atoms with Crippen molar-refractivity contribution >= 4 is 39.1 Å². The number of amides is 2. The second-order valence-corrected chi connectivity index (χ2v) is 13.2. The van der Waals surface area contributed by atoms with Gasteiger partial charge in [0.1, 0.15) is 18.3 Å². The maximum absolute atomic E-state index is 14.2. The number of sulfonamides is 1. The summed E-state index contributed by atoms with van der Waals surface area (Å²) < 4.78 is 34.4. The van der Waals surface area contributed by atoms with Crippen molar-refractivity contribution in [2.24, 2.45) is 0 Å². The Labute approximate surface area is 260 Å². The monoisotopic (exact) mass is 625 g/mol. The summed E-state index contributed by atoms with van der Waals surface area (Å²) in [5, 5.41) is 3.72. The van der Waals surface area contributed by atoms with Gasteiger partial charge in [-0.1, -0.05) is 67.6 Å². The molecule has 2 amide bonds. The molecule has 1 saturated carbocycles. The Morgan fingerprint density at radius 3 is 2.16 bits per heavy atom. The van der Waals surface area contributed by atoms with Crippen molar-refractivity contribution < 1.29 is 22.7 Å². The number of nitrogens with zero attached hydrogens (tertiary/aromatic N) is 2. The predicted molar refractivity (Wildman–Crippen MR) is 170 cm³/mol. The number of carbonyl (C=O) groups is 2. The average molecular weight is 626 g/mol. The maximum atomic E-state index is 14.2. The van der Waals surface area contributed by atoms with Crippen LogP contribution in [0.4, 0.5) is 5.69 Å². The first-order chi connectivity index (χ1) is 20.6. The largest absolute Gasteiger partial charge is 0.497 e. The molecule has 230 valence electrons. The third-order valence-electron chi connectivity index (χ3n) is 7.85. The molecule has 0 saturated heterocycles. The zero-order valence-corrected chi connectivity index (χ0v) is 26.5. The molecule has 0 spiro atoms. The Hall–Kier alpha value is -3.56. The third-order valence-corrected chi connectivity index (χ3v) is 9.89. The molecule has 1 aliphatic carbocycles. The van der Waals surface area contributed by atoms with Gasteiger partial charge >= 0.3 is 0 Å². The van der Waals surface area contributed by atoms with Crippen molar-refractivity contribution in [1.29, 1.82) is 0 Å². The Morgan fingerprint density at radius 1 is 0.953 bits per heavy atom. The number of methoxy groups -OCH3 is 1. The molecule has 1 N–H and O–H groups in total. The first kappa shape index (κ1) is 32.4. The minimum absolute atomic E-state index is 0.0213. The van der Waals surface area contributed by atoms with Gasteiger partial charge in [-0.3, -0.25) is 13.9 Å². The van der Waals surface area contributed by atoms with Gasteiger partial charge in [0.2, 0.25) is 11.8 Å². The van der Waals surface area contributed by atoms with E-state index in [9.17, 15) is 18.0 Å². The van der Waals surface area contributed by atoms with Gasteiger partial charge in [-0.05, 0) is 80.3 Å². The van der Waals surface area contributed by atoms with Crippen LogP contribution in [0.15, 0.2) is 77.7 Å². The van der Waals surface area contributed by atoms with Gasteiger partial charge in [-0.15, -0.1) is 0 Å². The zero-order valence-electron chi connectivity index (χ0n) is 25.0. The van der Waals surface area contributed by atoms with E-state index in [2.05, 4.69) is 5.32 Å². The molecule has 0 aliphatic heterocycles. The molecule has 8 nitrogen and oxygen atoms in total. The number of nitrogens with one attached hydrogen (secondary N) is 1. The molecule has 0 heterocycles.